The number of benzene rings is 1. The van der Waals surface area contributed by atoms with Crippen LogP contribution in [-0.2, 0) is 9.53 Å². The number of hydrogen-bond donors (Lipinski definition) is 0. The van der Waals surface area contributed by atoms with Crippen LogP contribution in [0.4, 0.5) is 0 Å². The lowest BCUT2D eigenvalue weighted by molar-refractivity contribution is -0.890. The lowest BCUT2D eigenvalue weighted by Crippen LogP contribution is -2.43. The summed E-state index contributed by atoms with van der Waals surface area (Å²) in [5.41, 5.74) is 0.951. The Morgan fingerprint density at radius 3 is 1.67 bits per heavy atom. The molecule has 1 aromatic rings. The summed E-state index contributed by atoms with van der Waals surface area (Å²) in [6.45, 7) is 4.73. The van der Waals surface area contributed by atoms with Gasteiger partial charge < -0.3 is 14.0 Å². The van der Waals surface area contributed by atoms with Crippen molar-refractivity contribution < 1.29 is 18.8 Å². The Morgan fingerprint density at radius 1 is 0.722 bits per heavy atom. The molecular formula is C32H56NO3+. The largest absolute Gasteiger partial charge is 0.497 e. The Labute approximate surface area is 223 Å². The maximum Gasteiger partial charge on any atom is 0.330 e. The maximum absolute atomic E-state index is 12.0. The first kappa shape index (κ1) is 32.2. The van der Waals surface area contributed by atoms with Crippen LogP contribution in [0.15, 0.2) is 30.3 Å². The molecule has 0 bridgehead atoms. The summed E-state index contributed by atoms with van der Waals surface area (Å²) in [5, 5.41) is 0. The van der Waals surface area contributed by atoms with Gasteiger partial charge in [-0.2, -0.15) is 0 Å². The molecule has 206 valence electrons. The van der Waals surface area contributed by atoms with E-state index in [0.717, 1.165) is 28.9 Å². The number of carbonyl (C=O) groups excluding carboxylic acids is 1. The summed E-state index contributed by atoms with van der Waals surface area (Å²) in [5.74, 6) is 0.521. The number of likely N-dealkylation sites (N-methyl/N-ethyl adjacent to an activating group) is 1. The van der Waals surface area contributed by atoms with E-state index >= 15 is 0 Å². The quantitative estimate of drug-likeness (QED) is 0.0650. The molecule has 0 saturated heterocycles. The molecule has 1 rings (SSSR count). The highest BCUT2D eigenvalue weighted by molar-refractivity contribution is 5.87. The highest BCUT2D eigenvalue weighted by Gasteiger charge is 2.15. The second-order valence-corrected chi connectivity index (χ2v) is 11.0. The van der Waals surface area contributed by atoms with E-state index in [4.69, 9.17) is 9.47 Å². The predicted molar refractivity (Wildman–Crippen MR) is 154 cm³/mol. The molecule has 0 aliphatic heterocycles. The van der Waals surface area contributed by atoms with E-state index < -0.39 is 0 Å². The van der Waals surface area contributed by atoms with Gasteiger partial charge >= 0.3 is 5.97 Å². The van der Waals surface area contributed by atoms with E-state index in [0.29, 0.717) is 6.61 Å². The smallest absolute Gasteiger partial charge is 0.330 e. The zero-order valence-corrected chi connectivity index (χ0v) is 24.1. The van der Waals surface area contributed by atoms with Crippen molar-refractivity contribution in [3.05, 3.63) is 35.9 Å². The Hall–Kier alpha value is -1.81. The van der Waals surface area contributed by atoms with Crippen LogP contribution < -0.4 is 4.74 Å². The van der Waals surface area contributed by atoms with Gasteiger partial charge in [0, 0.05) is 6.08 Å². The summed E-state index contributed by atoms with van der Waals surface area (Å²) >= 11 is 0. The Morgan fingerprint density at radius 2 is 1.19 bits per heavy atom. The molecule has 4 nitrogen and oxygen atoms in total. The van der Waals surface area contributed by atoms with Gasteiger partial charge in [0.2, 0.25) is 0 Å². The highest BCUT2D eigenvalue weighted by Crippen LogP contribution is 2.15. The van der Waals surface area contributed by atoms with Gasteiger partial charge in [0.1, 0.15) is 18.9 Å². The summed E-state index contributed by atoms with van der Waals surface area (Å²) in [4.78, 5) is 12.0. The minimum Gasteiger partial charge on any atom is -0.497 e. The van der Waals surface area contributed by atoms with E-state index in [1.54, 1.807) is 13.2 Å². The summed E-state index contributed by atoms with van der Waals surface area (Å²) < 4.78 is 11.5. The zero-order chi connectivity index (χ0) is 26.3. The van der Waals surface area contributed by atoms with Crippen LogP contribution >= 0.6 is 0 Å². The van der Waals surface area contributed by atoms with Crippen molar-refractivity contribution in [1.82, 2.24) is 0 Å². The number of ether oxygens (including phenoxy) is 2. The molecule has 0 amide bonds. The molecule has 0 N–H and O–H groups in total. The Balaban J connectivity index is 1.94. The van der Waals surface area contributed by atoms with Gasteiger partial charge in [0.25, 0.3) is 0 Å². The van der Waals surface area contributed by atoms with Crippen LogP contribution in [0.25, 0.3) is 6.08 Å². The van der Waals surface area contributed by atoms with Gasteiger partial charge in [0.05, 0.1) is 27.7 Å². The highest BCUT2D eigenvalue weighted by atomic mass is 16.5. The van der Waals surface area contributed by atoms with Gasteiger partial charge in [-0.1, -0.05) is 109 Å². The van der Waals surface area contributed by atoms with Gasteiger partial charge in [-0.25, -0.2) is 4.79 Å². The van der Waals surface area contributed by atoms with Crippen molar-refractivity contribution in [1.29, 1.82) is 0 Å². The van der Waals surface area contributed by atoms with E-state index in [-0.39, 0.29) is 5.97 Å². The fraction of sp³-hybridized carbons (Fsp3) is 0.719. The van der Waals surface area contributed by atoms with Crippen molar-refractivity contribution in [2.45, 2.75) is 110 Å². The number of nitrogens with zero attached hydrogens (tertiary/aromatic N) is 1. The second-order valence-electron chi connectivity index (χ2n) is 11.0. The number of methoxy groups -OCH3 is 1. The zero-order valence-electron chi connectivity index (χ0n) is 24.1. The molecule has 0 heterocycles. The van der Waals surface area contributed by atoms with Crippen LogP contribution in [0.3, 0.4) is 0 Å². The second kappa shape index (κ2) is 21.3. The van der Waals surface area contributed by atoms with Gasteiger partial charge in [-0.15, -0.1) is 0 Å². The Bertz CT molecular complexity index is 681. The van der Waals surface area contributed by atoms with Gasteiger partial charge in [0.15, 0.2) is 0 Å². The lowest BCUT2D eigenvalue weighted by atomic mass is 10.0. The van der Waals surface area contributed by atoms with E-state index in [1.807, 2.05) is 24.3 Å². The molecule has 4 heteroatoms. The first-order valence-corrected chi connectivity index (χ1v) is 14.8. The van der Waals surface area contributed by atoms with Crippen LogP contribution in [0, 0.1) is 0 Å². The number of rotatable bonds is 23. The monoisotopic (exact) mass is 502 g/mol. The molecule has 0 aliphatic carbocycles. The molecule has 0 aromatic heterocycles. The molecule has 1 aromatic carbocycles. The molecule has 0 atom stereocenters. The summed E-state index contributed by atoms with van der Waals surface area (Å²) in [6.07, 6.45) is 25.7. The third-order valence-electron chi connectivity index (χ3n) is 7.09. The van der Waals surface area contributed by atoms with Crippen LogP contribution in [0.1, 0.15) is 115 Å². The van der Waals surface area contributed by atoms with E-state index in [1.165, 1.54) is 109 Å². The molecule has 0 fully saturated rings. The van der Waals surface area contributed by atoms with Crippen molar-refractivity contribution >= 4 is 12.0 Å². The standard InChI is InChI=1S/C32H56NO3/c1-5-6-7-8-9-10-11-12-13-14-15-16-17-18-19-20-27-33(2,3)28-29-36-32(34)26-23-30-21-24-31(35-4)25-22-30/h21-26H,5-20,27-29H2,1-4H3/q+1/b26-23+. The average molecular weight is 503 g/mol. The minimum absolute atomic E-state index is 0.284. The number of esters is 1. The first-order valence-electron chi connectivity index (χ1n) is 14.8. The van der Waals surface area contributed by atoms with E-state index in [2.05, 4.69) is 21.0 Å². The minimum atomic E-state index is -0.284. The number of carbonyl (C=O) groups is 1. The SMILES string of the molecule is CCCCCCCCCCCCCCCCCC[N+](C)(C)CCOC(=O)/C=C/c1ccc(OC)cc1. The third kappa shape index (κ3) is 18.5. The molecule has 0 aliphatic rings. The molecule has 0 spiro atoms. The van der Waals surface area contributed by atoms with Crippen LogP contribution in [-0.4, -0.2) is 51.4 Å². The van der Waals surface area contributed by atoms with Crippen LogP contribution in [0.2, 0.25) is 0 Å². The summed E-state index contributed by atoms with van der Waals surface area (Å²) in [7, 11) is 6.10. The third-order valence-corrected chi connectivity index (χ3v) is 7.09. The number of unbranched alkanes of at least 4 members (excludes halogenated alkanes) is 15. The molecule has 0 saturated carbocycles. The first-order chi connectivity index (χ1) is 17.5. The van der Waals surface area contributed by atoms with E-state index in [9.17, 15) is 4.79 Å². The van der Waals surface area contributed by atoms with Gasteiger partial charge in [-0.3, -0.25) is 0 Å². The van der Waals surface area contributed by atoms with Crippen molar-refractivity contribution in [3.63, 3.8) is 0 Å². The molecule has 36 heavy (non-hydrogen) atoms. The summed E-state index contributed by atoms with van der Waals surface area (Å²) in [6, 6.07) is 7.59. The van der Waals surface area contributed by atoms with Crippen LogP contribution in [0.5, 0.6) is 5.75 Å². The molecule has 0 radical (unpaired) electrons. The van der Waals surface area contributed by atoms with Crippen molar-refractivity contribution in [3.8, 4) is 5.75 Å². The fourth-order valence-corrected chi connectivity index (χ4v) is 4.52. The number of quaternary nitrogens is 1. The van der Waals surface area contributed by atoms with Crippen molar-refractivity contribution in [2.75, 3.05) is 40.9 Å². The average Bonchev–Trinajstić information content (AvgIpc) is 2.87. The molecule has 0 unspecified atom stereocenters. The predicted octanol–water partition coefficient (Wildman–Crippen LogP) is 8.59. The maximum atomic E-state index is 12.0. The Kier molecular flexibility index (Phi) is 19.1. The number of hydrogen-bond acceptors (Lipinski definition) is 3. The lowest BCUT2D eigenvalue weighted by Gasteiger charge is -2.29. The van der Waals surface area contributed by atoms with Crippen molar-refractivity contribution in [2.24, 2.45) is 0 Å². The van der Waals surface area contributed by atoms with Gasteiger partial charge in [-0.05, 0) is 36.6 Å². The topological polar surface area (TPSA) is 35.5 Å². The fourth-order valence-electron chi connectivity index (χ4n) is 4.52. The normalized spacial score (nSPS) is 11.8. The molecular weight excluding hydrogens is 446 g/mol.